The van der Waals surface area contributed by atoms with Gasteiger partial charge in [0.15, 0.2) is 0 Å². The Morgan fingerprint density at radius 1 is 1.29 bits per heavy atom. The molecule has 0 bridgehead atoms. The molecule has 110 valence electrons. The molecule has 2 aromatic rings. The predicted octanol–water partition coefficient (Wildman–Crippen LogP) is 4.11. The summed E-state index contributed by atoms with van der Waals surface area (Å²) >= 11 is 5.83. The third-order valence-corrected chi connectivity index (χ3v) is 4.05. The fourth-order valence-electron chi connectivity index (χ4n) is 2.86. The number of nitrogens with one attached hydrogen (secondary N) is 1. The Morgan fingerprint density at radius 3 is 2.81 bits per heavy atom. The van der Waals surface area contributed by atoms with Crippen LogP contribution in [-0.4, -0.2) is 13.2 Å². The molecule has 0 aliphatic carbocycles. The van der Waals surface area contributed by atoms with Gasteiger partial charge in [0.05, 0.1) is 6.04 Å². The number of ether oxygens (including phenoxy) is 1. The first-order valence-electron chi connectivity index (χ1n) is 7.00. The molecule has 0 aromatic heterocycles. The van der Waals surface area contributed by atoms with Crippen LogP contribution < -0.4 is 10.1 Å². The molecule has 4 heteroatoms. The lowest BCUT2D eigenvalue weighted by molar-refractivity contribution is 0.254. The van der Waals surface area contributed by atoms with E-state index in [2.05, 4.69) is 11.4 Å². The first-order valence-corrected chi connectivity index (χ1v) is 7.38. The van der Waals surface area contributed by atoms with Crippen LogP contribution in [0, 0.1) is 5.82 Å². The van der Waals surface area contributed by atoms with Gasteiger partial charge in [0, 0.05) is 17.0 Å². The fourth-order valence-corrected chi connectivity index (χ4v) is 3.02. The van der Waals surface area contributed by atoms with E-state index >= 15 is 0 Å². The van der Waals surface area contributed by atoms with Crippen molar-refractivity contribution >= 4 is 11.6 Å². The lowest BCUT2D eigenvalue weighted by atomic mass is 9.96. The Balaban J connectivity index is 1.99. The first-order chi connectivity index (χ1) is 10.1. The third kappa shape index (κ3) is 2.76. The maximum absolute atomic E-state index is 14.2. The molecule has 0 amide bonds. The van der Waals surface area contributed by atoms with Gasteiger partial charge in [-0.25, -0.2) is 4.39 Å². The van der Waals surface area contributed by atoms with Gasteiger partial charge >= 0.3 is 0 Å². The molecular formula is C17H17ClFNO. The normalized spacial score (nSPS) is 18.2. The highest BCUT2D eigenvalue weighted by Gasteiger charge is 2.22. The summed E-state index contributed by atoms with van der Waals surface area (Å²) in [4.78, 5) is 0. The second-order valence-electron chi connectivity index (χ2n) is 5.39. The zero-order valence-corrected chi connectivity index (χ0v) is 12.7. The van der Waals surface area contributed by atoms with Crippen molar-refractivity contribution in [1.82, 2.24) is 5.32 Å². The van der Waals surface area contributed by atoms with E-state index in [1.54, 1.807) is 12.1 Å². The number of fused-ring (bicyclic) bond motifs is 1. The van der Waals surface area contributed by atoms with Crippen LogP contribution in [0.25, 0.3) is 0 Å². The molecule has 21 heavy (non-hydrogen) atoms. The van der Waals surface area contributed by atoms with Gasteiger partial charge in [-0.3, -0.25) is 0 Å². The van der Waals surface area contributed by atoms with Gasteiger partial charge in [-0.15, -0.1) is 0 Å². The molecule has 3 rings (SSSR count). The number of halogens is 2. The van der Waals surface area contributed by atoms with Crippen molar-refractivity contribution in [2.45, 2.75) is 25.5 Å². The lowest BCUT2D eigenvalue weighted by Crippen LogP contribution is -2.19. The van der Waals surface area contributed by atoms with Crippen LogP contribution >= 0.6 is 11.6 Å². The monoisotopic (exact) mass is 305 g/mol. The SMILES string of the molecule is CNC(c1ccc2c(c1)CC(C)O2)c1ccc(Cl)cc1F. The Kier molecular flexibility index (Phi) is 3.87. The summed E-state index contributed by atoms with van der Waals surface area (Å²) in [6.07, 6.45) is 1.10. The average molecular weight is 306 g/mol. The summed E-state index contributed by atoms with van der Waals surface area (Å²) in [5.41, 5.74) is 2.79. The lowest BCUT2D eigenvalue weighted by Gasteiger charge is -2.19. The minimum atomic E-state index is -0.299. The van der Waals surface area contributed by atoms with E-state index in [-0.39, 0.29) is 18.0 Å². The molecule has 1 heterocycles. The van der Waals surface area contributed by atoms with Gasteiger partial charge in [0.1, 0.15) is 17.7 Å². The highest BCUT2D eigenvalue weighted by atomic mass is 35.5. The number of hydrogen-bond acceptors (Lipinski definition) is 2. The standard InChI is InChI=1S/C17H17ClFNO/c1-10-7-12-8-11(3-6-16(12)21-10)17(20-2)14-5-4-13(18)9-15(14)19/h3-6,8-10,17,20H,7H2,1-2H3. The van der Waals surface area contributed by atoms with Crippen LogP contribution in [0.2, 0.25) is 5.02 Å². The van der Waals surface area contributed by atoms with E-state index in [0.29, 0.717) is 10.6 Å². The molecule has 2 aromatic carbocycles. The molecule has 0 fully saturated rings. The molecule has 1 aliphatic heterocycles. The molecule has 1 N–H and O–H groups in total. The largest absolute Gasteiger partial charge is 0.490 e. The molecule has 2 nitrogen and oxygen atoms in total. The zero-order chi connectivity index (χ0) is 15.0. The summed E-state index contributed by atoms with van der Waals surface area (Å²) in [5, 5.41) is 3.58. The topological polar surface area (TPSA) is 21.3 Å². The number of rotatable bonds is 3. The Morgan fingerprint density at radius 2 is 2.10 bits per heavy atom. The van der Waals surface area contributed by atoms with Gasteiger partial charge in [0.2, 0.25) is 0 Å². The van der Waals surface area contributed by atoms with E-state index in [1.807, 2.05) is 26.1 Å². The second kappa shape index (κ2) is 5.66. The fraction of sp³-hybridized carbons (Fsp3) is 0.294. The average Bonchev–Trinajstić information content (AvgIpc) is 2.81. The van der Waals surface area contributed by atoms with Crippen molar-refractivity contribution in [3.8, 4) is 5.75 Å². The third-order valence-electron chi connectivity index (χ3n) is 3.82. The minimum absolute atomic E-state index is 0.204. The summed E-state index contributed by atoms with van der Waals surface area (Å²) in [7, 11) is 1.82. The van der Waals surface area contributed by atoms with Crippen molar-refractivity contribution in [1.29, 1.82) is 0 Å². The molecular weight excluding hydrogens is 289 g/mol. The van der Waals surface area contributed by atoms with Crippen LogP contribution in [0.1, 0.15) is 29.7 Å². The van der Waals surface area contributed by atoms with E-state index in [0.717, 1.165) is 17.7 Å². The van der Waals surface area contributed by atoms with Crippen molar-refractivity contribution in [3.05, 3.63) is 63.9 Å². The van der Waals surface area contributed by atoms with Gasteiger partial charge < -0.3 is 10.1 Å². The molecule has 0 radical (unpaired) electrons. The minimum Gasteiger partial charge on any atom is -0.490 e. The Bertz CT molecular complexity index is 674. The highest BCUT2D eigenvalue weighted by molar-refractivity contribution is 6.30. The summed E-state index contributed by atoms with van der Waals surface area (Å²) in [6, 6.07) is 10.6. The van der Waals surface area contributed by atoms with Gasteiger partial charge in [-0.05, 0) is 43.3 Å². The van der Waals surface area contributed by atoms with Gasteiger partial charge in [-0.2, -0.15) is 0 Å². The molecule has 0 spiro atoms. The predicted molar refractivity (Wildman–Crippen MR) is 82.5 cm³/mol. The zero-order valence-electron chi connectivity index (χ0n) is 12.0. The van der Waals surface area contributed by atoms with Crippen LogP contribution in [0.5, 0.6) is 5.75 Å². The smallest absolute Gasteiger partial charge is 0.129 e. The maximum atomic E-state index is 14.2. The molecule has 0 saturated carbocycles. The van der Waals surface area contributed by atoms with Crippen LogP contribution in [0.4, 0.5) is 4.39 Å². The molecule has 0 saturated heterocycles. The quantitative estimate of drug-likeness (QED) is 0.921. The van der Waals surface area contributed by atoms with Crippen LogP contribution in [-0.2, 0) is 6.42 Å². The summed E-state index contributed by atoms with van der Waals surface area (Å²) < 4.78 is 19.9. The summed E-state index contributed by atoms with van der Waals surface area (Å²) in [6.45, 7) is 2.05. The van der Waals surface area contributed by atoms with Crippen molar-refractivity contribution < 1.29 is 9.13 Å². The molecule has 2 atom stereocenters. The van der Waals surface area contributed by atoms with Gasteiger partial charge in [0.25, 0.3) is 0 Å². The highest BCUT2D eigenvalue weighted by Crippen LogP contribution is 2.33. The first kappa shape index (κ1) is 14.4. The number of benzene rings is 2. The molecule has 1 aliphatic rings. The van der Waals surface area contributed by atoms with Crippen molar-refractivity contribution in [2.75, 3.05) is 7.05 Å². The number of hydrogen-bond donors (Lipinski definition) is 1. The van der Waals surface area contributed by atoms with E-state index in [4.69, 9.17) is 16.3 Å². The van der Waals surface area contributed by atoms with E-state index in [9.17, 15) is 4.39 Å². The van der Waals surface area contributed by atoms with Crippen LogP contribution in [0.3, 0.4) is 0 Å². The van der Waals surface area contributed by atoms with Crippen molar-refractivity contribution in [3.63, 3.8) is 0 Å². The van der Waals surface area contributed by atoms with E-state index < -0.39 is 0 Å². The van der Waals surface area contributed by atoms with Gasteiger partial charge in [-0.1, -0.05) is 29.8 Å². The van der Waals surface area contributed by atoms with Crippen molar-refractivity contribution in [2.24, 2.45) is 0 Å². The second-order valence-corrected chi connectivity index (χ2v) is 5.82. The van der Waals surface area contributed by atoms with Crippen LogP contribution in [0.15, 0.2) is 36.4 Å². The summed E-state index contributed by atoms with van der Waals surface area (Å²) in [5.74, 6) is 0.629. The Labute approximate surface area is 128 Å². The molecule has 2 unspecified atom stereocenters. The Hall–Kier alpha value is -1.58. The maximum Gasteiger partial charge on any atom is 0.129 e. The van der Waals surface area contributed by atoms with E-state index in [1.165, 1.54) is 11.6 Å².